The quantitative estimate of drug-likeness (QED) is 0.856. The summed E-state index contributed by atoms with van der Waals surface area (Å²) in [5.41, 5.74) is 0. The maximum atomic E-state index is 8.90. The summed E-state index contributed by atoms with van der Waals surface area (Å²) >= 11 is 0. The Labute approximate surface area is 103 Å². The summed E-state index contributed by atoms with van der Waals surface area (Å²) in [7, 11) is 0. The summed E-state index contributed by atoms with van der Waals surface area (Å²) in [5, 5.41) is 8.90. The molecule has 1 aromatic rings. The molecule has 1 saturated carbocycles. The molecule has 1 fully saturated rings. The minimum absolute atomic E-state index is 0.0403. The molecule has 0 amide bonds. The van der Waals surface area contributed by atoms with Crippen LogP contribution in [0, 0.1) is 5.92 Å². The fourth-order valence-electron chi connectivity index (χ4n) is 2.55. The van der Waals surface area contributed by atoms with Crippen molar-refractivity contribution >= 4 is 0 Å². The fraction of sp³-hybridized carbons (Fsp3) is 0.714. The predicted molar refractivity (Wildman–Crippen MR) is 65.5 cm³/mol. The molecular weight excluding hydrogens is 216 g/mol. The van der Waals surface area contributed by atoms with E-state index in [0.717, 1.165) is 11.7 Å². The average Bonchev–Trinajstić information content (AvgIpc) is 2.84. The standard InChI is InChI=1S/C14H22O3/c1-2-11-4-3-5-12(8-11)16-10-14-7-6-13(9-15)17-14/h6-7,11-12,15H,2-5,8-10H2,1H3. The first-order chi connectivity index (χ1) is 8.31. The van der Waals surface area contributed by atoms with E-state index < -0.39 is 0 Å². The summed E-state index contributed by atoms with van der Waals surface area (Å²) in [4.78, 5) is 0. The van der Waals surface area contributed by atoms with Crippen LogP contribution < -0.4 is 0 Å². The van der Waals surface area contributed by atoms with Crippen LogP contribution in [0.5, 0.6) is 0 Å². The lowest BCUT2D eigenvalue weighted by molar-refractivity contribution is -0.00599. The highest BCUT2D eigenvalue weighted by Crippen LogP contribution is 2.29. The van der Waals surface area contributed by atoms with E-state index in [1.165, 1.54) is 32.1 Å². The van der Waals surface area contributed by atoms with Crippen molar-refractivity contribution in [3.05, 3.63) is 23.7 Å². The fourth-order valence-corrected chi connectivity index (χ4v) is 2.55. The van der Waals surface area contributed by atoms with Crippen LogP contribution in [-0.2, 0) is 18.0 Å². The molecule has 17 heavy (non-hydrogen) atoms. The van der Waals surface area contributed by atoms with Gasteiger partial charge in [0, 0.05) is 0 Å². The largest absolute Gasteiger partial charge is 0.461 e. The maximum Gasteiger partial charge on any atom is 0.130 e. The third-order valence-corrected chi connectivity index (χ3v) is 3.65. The molecule has 3 heteroatoms. The van der Waals surface area contributed by atoms with Crippen molar-refractivity contribution in [2.75, 3.05) is 0 Å². The van der Waals surface area contributed by atoms with Crippen molar-refractivity contribution < 1.29 is 14.3 Å². The van der Waals surface area contributed by atoms with Gasteiger partial charge in [-0.1, -0.05) is 26.2 Å². The minimum atomic E-state index is -0.0403. The van der Waals surface area contributed by atoms with E-state index in [2.05, 4.69) is 6.92 Å². The topological polar surface area (TPSA) is 42.6 Å². The van der Waals surface area contributed by atoms with Crippen molar-refractivity contribution in [3.8, 4) is 0 Å². The van der Waals surface area contributed by atoms with Crippen LogP contribution in [0.4, 0.5) is 0 Å². The Morgan fingerprint density at radius 3 is 2.88 bits per heavy atom. The van der Waals surface area contributed by atoms with Gasteiger partial charge in [0.25, 0.3) is 0 Å². The summed E-state index contributed by atoms with van der Waals surface area (Å²) in [6.07, 6.45) is 6.63. The molecule has 2 atom stereocenters. The number of hydrogen-bond acceptors (Lipinski definition) is 3. The Hall–Kier alpha value is -0.800. The normalized spacial score (nSPS) is 25.1. The molecule has 0 saturated heterocycles. The SMILES string of the molecule is CCC1CCCC(OCc2ccc(CO)o2)C1. The Balaban J connectivity index is 1.77. The van der Waals surface area contributed by atoms with E-state index in [1.54, 1.807) is 6.07 Å². The lowest BCUT2D eigenvalue weighted by Crippen LogP contribution is -2.22. The van der Waals surface area contributed by atoms with Gasteiger partial charge in [-0.2, -0.15) is 0 Å². The van der Waals surface area contributed by atoms with E-state index >= 15 is 0 Å². The highest BCUT2D eigenvalue weighted by atomic mass is 16.5. The zero-order chi connectivity index (χ0) is 12.1. The van der Waals surface area contributed by atoms with Gasteiger partial charge in [0.05, 0.1) is 6.10 Å². The number of aliphatic hydroxyl groups is 1. The second-order valence-electron chi connectivity index (χ2n) is 4.90. The number of aliphatic hydroxyl groups excluding tert-OH is 1. The van der Waals surface area contributed by atoms with E-state index in [1.807, 2.05) is 6.07 Å². The summed E-state index contributed by atoms with van der Waals surface area (Å²) < 4.78 is 11.3. The van der Waals surface area contributed by atoms with Gasteiger partial charge in [0.1, 0.15) is 24.7 Å². The Morgan fingerprint density at radius 2 is 2.18 bits per heavy atom. The van der Waals surface area contributed by atoms with Crippen molar-refractivity contribution in [2.24, 2.45) is 5.92 Å². The molecule has 1 aliphatic rings. The first kappa shape index (κ1) is 12.7. The highest BCUT2D eigenvalue weighted by Gasteiger charge is 2.21. The van der Waals surface area contributed by atoms with Crippen LogP contribution in [0.3, 0.4) is 0 Å². The Kier molecular flexibility index (Phi) is 4.63. The summed E-state index contributed by atoms with van der Waals surface area (Å²) in [6, 6.07) is 3.68. The van der Waals surface area contributed by atoms with E-state index in [4.69, 9.17) is 14.3 Å². The van der Waals surface area contributed by atoms with Gasteiger partial charge in [-0.05, 0) is 30.9 Å². The highest BCUT2D eigenvalue weighted by molar-refractivity contribution is 5.05. The van der Waals surface area contributed by atoms with Crippen LogP contribution in [0.15, 0.2) is 16.5 Å². The molecule has 0 radical (unpaired) electrons. The second-order valence-corrected chi connectivity index (χ2v) is 4.90. The molecule has 1 N–H and O–H groups in total. The molecule has 2 unspecified atom stereocenters. The van der Waals surface area contributed by atoms with Crippen LogP contribution in [0.25, 0.3) is 0 Å². The zero-order valence-electron chi connectivity index (χ0n) is 10.5. The molecule has 3 nitrogen and oxygen atoms in total. The van der Waals surface area contributed by atoms with Crippen LogP contribution in [0.2, 0.25) is 0 Å². The molecular formula is C14H22O3. The molecule has 0 aromatic carbocycles. The van der Waals surface area contributed by atoms with Gasteiger partial charge in [-0.15, -0.1) is 0 Å². The minimum Gasteiger partial charge on any atom is -0.461 e. The number of furan rings is 1. The molecule has 1 aromatic heterocycles. The molecule has 2 rings (SSSR count). The summed E-state index contributed by atoms with van der Waals surface area (Å²) in [5.74, 6) is 2.25. The third kappa shape index (κ3) is 3.58. The molecule has 96 valence electrons. The number of ether oxygens (including phenoxy) is 1. The number of rotatable bonds is 5. The first-order valence-electron chi connectivity index (χ1n) is 6.61. The predicted octanol–water partition coefficient (Wildman–Crippen LogP) is 3.26. The smallest absolute Gasteiger partial charge is 0.130 e. The second kappa shape index (κ2) is 6.22. The molecule has 0 bridgehead atoms. The maximum absolute atomic E-state index is 8.90. The molecule has 1 heterocycles. The van der Waals surface area contributed by atoms with Crippen LogP contribution in [0.1, 0.15) is 50.5 Å². The molecule has 0 spiro atoms. The monoisotopic (exact) mass is 238 g/mol. The Morgan fingerprint density at radius 1 is 1.35 bits per heavy atom. The van der Waals surface area contributed by atoms with Crippen molar-refractivity contribution in [1.29, 1.82) is 0 Å². The van der Waals surface area contributed by atoms with E-state index in [0.29, 0.717) is 18.5 Å². The molecule has 1 aliphatic carbocycles. The average molecular weight is 238 g/mol. The van der Waals surface area contributed by atoms with Crippen molar-refractivity contribution in [1.82, 2.24) is 0 Å². The lowest BCUT2D eigenvalue weighted by atomic mass is 9.85. The van der Waals surface area contributed by atoms with Crippen LogP contribution in [-0.4, -0.2) is 11.2 Å². The van der Waals surface area contributed by atoms with Gasteiger partial charge in [-0.3, -0.25) is 0 Å². The zero-order valence-corrected chi connectivity index (χ0v) is 10.5. The van der Waals surface area contributed by atoms with Gasteiger partial charge >= 0.3 is 0 Å². The van der Waals surface area contributed by atoms with Crippen LogP contribution >= 0.6 is 0 Å². The van der Waals surface area contributed by atoms with E-state index in [9.17, 15) is 0 Å². The summed E-state index contributed by atoms with van der Waals surface area (Å²) in [6.45, 7) is 2.75. The third-order valence-electron chi connectivity index (χ3n) is 3.65. The lowest BCUT2D eigenvalue weighted by Gasteiger charge is -2.28. The van der Waals surface area contributed by atoms with Gasteiger partial charge in [0.15, 0.2) is 0 Å². The van der Waals surface area contributed by atoms with Crippen molar-refractivity contribution in [2.45, 2.75) is 58.3 Å². The van der Waals surface area contributed by atoms with Gasteiger partial charge in [0.2, 0.25) is 0 Å². The number of hydrogen-bond donors (Lipinski definition) is 1. The van der Waals surface area contributed by atoms with Gasteiger partial charge in [-0.25, -0.2) is 0 Å². The van der Waals surface area contributed by atoms with Gasteiger partial charge < -0.3 is 14.3 Å². The van der Waals surface area contributed by atoms with Crippen molar-refractivity contribution in [3.63, 3.8) is 0 Å². The van der Waals surface area contributed by atoms with E-state index in [-0.39, 0.29) is 6.61 Å². The Bertz CT molecular complexity index is 332. The molecule has 0 aliphatic heterocycles. The first-order valence-corrected chi connectivity index (χ1v) is 6.61.